The van der Waals surface area contributed by atoms with Crippen LogP contribution in [0.4, 0.5) is 11.4 Å². The maximum atomic E-state index is 12.0. The highest BCUT2D eigenvalue weighted by atomic mass is 16.6. The molecule has 2 heterocycles. The van der Waals surface area contributed by atoms with Crippen LogP contribution in [0.5, 0.6) is 11.5 Å². The van der Waals surface area contributed by atoms with Gasteiger partial charge in [0.05, 0.1) is 11.9 Å². The third-order valence-electron chi connectivity index (χ3n) is 3.64. The van der Waals surface area contributed by atoms with Crippen molar-refractivity contribution >= 4 is 17.3 Å². The zero-order chi connectivity index (χ0) is 17.5. The molecule has 0 aliphatic carbocycles. The first-order valence-electron chi connectivity index (χ1n) is 8.16. The number of carbonyl (C=O) groups excluding carboxylic acids is 1. The summed E-state index contributed by atoms with van der Waals surface area (Å²) < 4.78 is 16.0. The van der Waals surface area contributed by atoms with Gasteiger partial charge in [0.25, 0.3) is 5.91 Å². The Kier molecular flexibility index (Phi) is 5.69. The van der Waals surface area contributed by atoms with E-state index < -0.39 is 0 Å². The van der Waals surface area contributed by atoms with Crippen molar-refractivity contribution in [2.45, 2.75) is 6.42 Å². The van der Waals surface area contributed by atoms with Crippen LogP contribution in [0.15, 0.2) is 36.5 Å². The predicted molar refractivity (Wildman–Crippen MR) is 93.8 cm³/mol. The van der Waals surface area contributed by atoms with E-state index in [2.05, 4.69) is 15.6 Å². The number of hydrogen-bond donors (Lipinski definition) is 2. The zero-order valence-corrected chi connectivity index (χ0v) is 14.1. The molecule has 2 N–H and O–H groups in total. The predicted octanol–water partition coefficient (Wildman–Crippen LogP) is 2.36. The van der Waals surface area contributed by atoms with E-state index in [-0.39, 0.29) is 5.91 Å². The minimum Gasteiger partial charge on any atom is -0.486 e. The van der Waals surface area contributed by atoms with Gasteiger partial charge < -0.3 is 24.8 Å². The Morgan fingerprint density at radius 3 is 2.72 bits per heavy atom. The van der Waals surface area contributed by atoms with Gasteiger partial charge in [0.2, 0.25) is 0 Å². The lowest BCUT2D eigenvalue weighted by Gasteiger charge is -2.19. The molecule has 0 bridgehead atoms. The topological polar surface area (TPSA) is 81.7 Å². The summed E-state index contributed by atoms with van der Waals surface area (Å²) in [7, 11) is 1.64. The van der Waals surface area contributed by atoms with Crippen molar-refractivity contribution in [3.8, 4) is 11.5 Å². The molecule has 2 aromatic rings. The smallest absolute Gasteiger partial charge is 0.269 e. The number of anilines is 2. The largest absolute Gasteiger partial charge is 0.486 e. The van der Waals surface area contributed by atoms with Crippen molar-refractivity contribution in [3.05, 3.63) is 42.2 Å². The van der Waals surface area contributed by atoms with Crippen LogP contribution in [0.25, 0.3) is 0 Å². The minimum absolute atomic E-state index is 0.193. The molecule has 3 rings (SSSR count). The second-order valence-electron chi connectivity index (χ2n) is 5.52. The quantitative estimate of drug-likeness (QED) is 0.751. The molecule has 0 saturated heterocycles. The lowest BCUT2D eigenvalue weighted by molar-refractivity contribution is 0.0943. The van der Waals surface area contributed by atoms with Crippen LogP contribution in [0.1, 0.15) is 16.9 Å². The first-order valence-corrected chi connectivity index (χ1v) is 8.16. The SMILES string of the molecule is COCCCNC(=O)c1ccc(Nc2ccc3c(c2)OCCO3)cn1. The van der Waals surface area contributed by atoms with Crippen molar-refractivity contribution < 1.29 is 19.0 Å². The van der Waals surface area contributed by atoms with Gasteiger partial charge in [-0.2, -0.15) is 0 Å². The summed E-state index contributed by atoms with van der Waals surface area (Å²) in [5, 5.41) is 6.04. The minimum atomic E-state index is -0.193. The fourth-order valence-corrected chi connectivity index (χ4v) is 2.40. The summed E-state index contributed by atoms with van der Waals surface area (Å²) in [5.41, 5.74) is 2.03. The third-order valence-corrected chi connectivity index (χ3v) is 3.64. The summed E-state index contributed by atoms with van der Waals surface area (Å²) in [6, 6.07) is 9.15. The van der Waals surface area contributed by atoms with E-state index in [4.69, 9.17) is 14.2 Å². The summed E-state index contributed by atoms with van der Waals surface area (Å²) in [6.45, 7) is 2.29. The maximum Gasteiger partial charge on any atom is 0.269 e. The number of carbonyl (C=O) groups is 1. The first-order chi connectivity index (χ1) is 12.3. The molecule has 0 spiro atoms. The summed E-state index contributed by atoms with van der Waals surface area (Å²) in [6.07, 6.45) is 2.40. The van der Waals surface area contributed by atoms with Crippen LogP contribution in [-0.4, -0.2) is 44.4 Å². The molecule has 1 amide bonds. The number of fused-ring (bicyclic) bond motifs is 1. The molecule has 0 unspecified atom stereocenters. The Hall–Kier alpha value is -2.80. The summed E-state index contributed by atoms with van der Waals surface area (Å²) >= 11 is 0. The van der Waals surface area contributed by atoms with Gasteiger partial charge in [-0.15, -0.1) is 0 Å². The van der Waals surface area contributed by atoms with E-state index in [1.807, 2.05) is 24.3 Å². The molecular formula is C18H21N3O4. The number of benzene rings is 1. The average Bonchev–Trinajstić information content (AvgIpc) is 2.65. The van der Waals surface area contributed by atoms with E-state index in [0.29, 0.717) is 32.1 Å². The number of ether oxygens (including phenoxy) is 3. The molecule has 0 radical (unpaired) electrons. The number of nitrogens with one attached hydrogen (secondary N) is 2. The molecule has 0 atom stereocenters. The first kappa shape index (κ1) is 17.0. The van der Waals surface area contributed by atoms with Crippen molar-refractivity contribution in [3.63, 3.8) is 0 Å². The van der Waals surface area contributed by atoms with E-state index in [0.717, 1.165) is 29.3 Å². The van der Waals surface area contributed by atoms with Crippen LogP contribution in [0.2, 0.25) is 0 Å². The van der Waals surface area contributed by atoms with Gasteiger partial charge >= 0.3 is 0 Å². The highest BCUT2D eigenvalue weighted by molar-refractivity contribution is 5.92. The van der Waals surface area contributed by atoms with E-state index in [9.17, 15) is 4.79 Å². The molecule has 7 heteroatoms. The monoisotopic (exact) mass is 343 g/mol. The van der Waals surface area contributed by atoms with Gasteiger partial charge in [0, 0.05) is 32.0 Å². The lowest BCUT2D eigenvalue weighted by atomic mass is 10.2. The standard InChI is InChI=1S/C18H21N3O4/c1-23-8-2-7-19-18(22)15-5-3-14(12-20-15)21-13-4-6-16-17(11-13)25-10-9-24-16/h3-6,11-12,21H,2,7-10H2,1H3,(H,19,22). The molecule has 7 nitrogen and oxygen atoms in total. The maximum absolute atomic E-state index is 12.0. The molecule has 1 aromatic heterocycles. The van der Waals surface area contributed by atoms with Crippen LogP contribution in [0, 0.1) is 0 Å². The molecule has 1 aromatic carbocycles. The molecule has 25 heavy (non-hydrogen) atoms. The third kappa shape index (κ3) is 4.60. The fourth-order valence-electron chi connectivity index (χ4n) is 2.40. The second-order valence-corrected chi connectivity index (χ2v) is 5.52. The van der Waals surface area contributed by atoms with Gasteiger partial charge in [-0.1, -0.05) is 0 Å². The fraction of sp³-hybridized carbons (Fsp3) is 0.333. The van der Waals surface area contributed by atoms with Crippen LogP contribution >= 0.6 is 0 Å². The van der Waals surface area contributed by atoms with Gasteiger partial charge in [-0.25, -0.2) is 4.98 Å². The van der Waals surface area contributed by atoms with E-state index in [1.165, 1.54) is 0 Å². The van der Waals surface area contributed by atoms with Gasteiger partial charge in [0.1, 0.15) is 18.9 Å². The average molecular weight is 343 g/mol. The molecule has 132 valence electrons. The molecule has 1 aliphatic heterocycles. The molecular weight excluding hydrogens is 322 g/mol. The van der Waals surface area contributed by atoms with Crippen molar-refractivity contribution in [1.29, 1.82) is 0 Å². The van der Waals surface area contributed by atoms with Gasteiger partial charge in [0.15, 0.2) is 11.5 Å². The lowest BCUT2D eigenvalue weighted by Crippen LogP contribution is -2.26. The molecule has 0 saturated carbocycles. The summed E-state index contributed by atoms with van der Waals surface area (Å²) in [4.78, 5) is 16.2. The molecule has 1 aliphatic rings. The number of nitrogens with zero attached hydrogens (tertiary/aromatic N) is 1. The van der Waals surface area contributed by atoms with Crippen molar-refractivity contribution in [2.75, 3.05) is 38.8 Å². The number of pyridine rings is 1. The number of rotatable bonds is 7. The van der Waals surface area contributed by atoms with Gasteiger partial charge in [-0.05, 0) is 30.7 Å². The highest BCUT2D eigenvalue weighted by Gasteiger charge is 2.12. The van der Waals surface area contributed by atoms with Crippen molar-refractivity contribution in [2.24, 2.45) is 0 Å². The summed E-state index contributed by atoms with van der Waals surface area (Å²) in [5.74, 6) is 1.27. The number of amides is 1. The van der Waals surface area contributed by atoms with E-state index >= 15 is 0 Å². The van der Waals surface area contributed by atoms with Crippen LogP contribution < -0.4 is 20.1 Å². The normalized spacial score (nSPS) is 12.5. The Morgan fingerprint density at radius 2 is 1.96 bits per heavy atom. The van der Waals surface area contributed by atoms with Gasteiger partial charge in [-0.3, -0.25) is 4.79 Å². The zero-order valence-electron chi connectivity index (χ0n) is 14.1. The number of hydrogen-bond acceptors (Lipinski definition) is 6. The second kappa shape index (κ2) is 8.34. The van der Waals surface area contributed by atoms with E-state index in [1.54, 1.807) is 19.4 Å². The Labute approximate surface area is 146 Å². The Morgan fingerprint density at radius 1 is 1.16 bits per heavy atom. The Bertz CT molecular complexity index is 719. The Balaban J connectivity index is 1.58. The number of aromatic nitrogens is 1. The van der Waals surface area contributed by atoms with Crippen molar-refractivity contribution in [1.82, 2.24) is 10.3 Å². The van der Waals surface area contributed by atoms with Crippen LogP contribution in [0.3, 0.4) is 0 Å². The molecule has 0 fully saturated rings. The number of methoxy groups -OCH3 is 1. The van der Waals surface area contributed by atoms with Crippen LogP contribution in [-0.2, 0) is 4.74 Å². The highest BCUT2D eigenvalue weighted by Crippen LogP contribution is 2.33.